The first kappa shape index (κ1) is 28.2. The Morgan fingerprint density at radius 2 is 1.78 bits per heavy atom. The third-order valence-corrected chi connectivity index (χ3v) is 6.73. The quantitative estimate of drug-likeness (QED) is 0.442. The second kappa shape index (κ2) is 12.7. The van der Waals surface area contributed by atoms with Crippen molar-refractivity contribution < 1.29 is 4.74 Å². The summed E-state index contributed by atoms with van der Waals surface area (Å²) in [6.07, 6.45) is 4.86. The highest BCUT2D eigenvalue weighted by Gasteiger charge is 2.19. The summed E-state index contributed by atoms with van der Waals surface area (Å²) in [6.45, 7) is 5.70. The predicted molar refractivity (Wildman–Crippen MR) is 151 cm³/mol. The number of benzene rings is 2. The van der Waals surface area contributed by atoms with Crippen molar-refractivity contribution in [3.05, 3.63) is 86.7 Å². The summed E-state index contributed by atoms with van der Waals surface area (Å²) in [5.74, 6) is 0.945. The maximum Gasteiger partial charge on any atom is 0.271 e. The van der Waals surface area contributed by atoms with Gasteiger partial charge in [0, 0.05) is 55.3 Å². The van der Waals surface area contributed by atoms with E-state index in [0.29, 0.717) is 18.1 Å². The highest BCUT2D eigenvalue weighted by atomic mass is 35.5. The van der Waals surface area contributed by atoms with Crippen molar-refractivity contribution in [1.82, 2.24) is 19.6 Å². The molecule has 0 bridgehead atoms. The van der Waals surface area contributed by atoms with Gasteiger partial charge in [-0.2, -0.15) is 5.10 Å². The van der Waals surface area contributed by atoms with Crippen LogP contribution in [0.2, 0.25) is 5.02 Å². The first-order chi connectivity index (χ1) is 16.5. The number of hydrogen-bond acceptors (Lipinski definition) is 5. The smallest absolute Gasteiger partial charge is 0.271 e. The minimum Gasteiger partial charge on any atom is -0.493 e. The standard InChI is InChI=1S/C27H29ClN4O2.2ClH/c1-30-12-14-31(15-13-30)19-23-18-25(21-6-9-26-22(17-21)10-16-34-26)29-32(27(23)33)11-2-3-20-4-7-24(28)8-5-20;;/h2-9,17-18H,10-16,19H2,1H3;2*1H. The number of piperazine rings is 1. The van der Waals surface area contributed by atoms with Gasteiger partial charge in [0.15, 0.2) is 0 Å². The summed E-state index contributed by atoms with van der Waals surface area (Å²) in [7, 11) is 2.14. The zero-order valence-electron chi connectivity index (χ0n) is 20.2. The predicted octanol–water partition coefficient (Wildman–Crippen LogP) is 4.80. The van der Waals surface area contributed by atoms with E-state index in [1.807, 2.05) is 54.6 Å². The Bertz CT molecular complexity index is 1250. The largest absolute Gasteiger partial charge is 0.493 e. The topological polar surface area (TPSA) is 50.6 Å². The molecule has 192 valence electrons. The number of rotatable bonds is 6. The van der Waals surface area contributed by atoms with E-state index in [9.17, 15) is 4.79 Å². The van der Waals surface area contributed by atoms with Crippen molar-refractivity contribution >= 4 is 42.5 Å². The first-order valence-electron chi connectivity index (χ1n) is 11.8. The van der Waals surface area contributed by atoms with Crippen molar-refractivity contribution in [3.8, 4) is 17.0 Å². The van der Waals surface area contributed by atoms with Gasteiger partial charge in [0.2, 0.25) is 0 Å². The summed E-state index contributed by atoms with van der Waals surface area (Å²) in [6, 6.07) is 15.8. The van der Waals surface area contributed by atoms with E-state index >= 15 is 0 Å². The summed E-state index contributed by atoms with van der Waals surface area (Å²) in [4.78, 5) is 18.0. The third-order valence-electron chi connectivity index (χ3n) is 6.48. The van der Waals surface area contributed by atoms with E-state index in [1.54, 1.807) is 4.68 Å². The van der Waals surface area contributed by atoms with Gasteiger partial charge in [-0.1, -0.05) is 35.9 Å². The molecule has 2 aromatic carbocycles. The van der Waals surface area contributed by atoms with Crippen molar-refractivity contribution in [2.24, 2.45) is 0 Å². The van der Waals surface area contributed by atoms with Crippen LogP contribution in [0.15, 0.2) is 59.4 Å². The summed E-state index contributed by atoms with van der Waals surface area (Å²) < 4.78 is 7.24. The van der Waals surface area contributed by atoms with Crippen LogP contribution in [0.25, 0.3) is 17.3 Å². The maximum atomic E-state index is 13.4. The molecule has 3 aromatic rings. The van der Waals surface area contributed by atoms with Gasteiger partial charge in [-0.25, -0.2) is 4.68 Å². The number of aromatic nitrogens is 2. The molecule has 0 atom stereocenters. The summed E-state index contributed by atoms with van der Waals surface area (Å²) >= 11 is 5.98. The summed E-state index contributed by atoms with van der Waals surface area (Å²) in [5, 5.41) is 5.45. The van der Waals surface area contributed by atoms with Crippen LogP contribution >= 0.6 is 36.4 Å². The van der Waals surface area contributed by atoms with Gasteiger partial charge in [-0.15, -0.1) is 24.8 Å². The molecule has 0 unspecified atom stereocenters. The highest BCUT2D eigenvalue weighted by Crippen LogP contribution is 2.29. The van der Waals surface area contributed by atoms with E-state index in [2.05, 4.69) is 22.9 Å². The lowest BCUT2D eigenvalue weighted by atomic mass is 10.0. The maximum absolute atomic E-state index is 13.4. The molecule has 0 saturated carbocycles. The number of hydrogen-bond donors (Lipinski definition) is 0. The SMILES string of the molecule is CN1CCN(Cc2cc(-c3ccc4c(c3)CCO4)nn(CC=Cc3ccc(Cl)cc3)c2=O)CC1.Cl.Cl. The number of ether oxygens (including phenoxy) is 1. The second-order valence-corrected chi connectivity index (χ2v) is 9.43. The van der Waals surface area contributed by atoms with E-state index in [4.69, 9.17) is 21.4 Å². The van der Waals surface area contributed by atoms with Gasteiger partial charge in [-0.3, -0.25) is 9.69 Å². The molecule has 0 aliphatic carbocycles. The van der Waals surface area contributed by atoms with Crippen LogP contribution in [0.1, 0.15) is 16.7 Å². The fourth-order valence-electron chi connectivity index (χ4n) is 4.43. The molecule has 0 radical (unpaired) electrons. The normalized spacial score (nSPS) is 15.7. The second-order valence-electron chi connectivity index (χ2n) is 9.00. The molecule has 1 saturated heterocycles. The Labute approximate surface area is 229 Å². The van der Waals surface area contributed by atoms with Crippen LogP contribution in [0.3, 0.4) is 0 Å². The molecule has 1 aromatic heterocycles. The van der Waals surface area contributed by atoms with Gasteiger partial charge in [-0.05, 0) is 54.6 Å². The Morgan fingerprint density at radius 1 is 1.03 bits per heavy atom. The molecule has 0 amide bonds. The molecule has 2 aliphatic heterocycles. The molecule has 0 spiro atoms. The number of fused-ring (bicyclic) bond motifs is 1. The molecule has 2 aliphatic rings. The average Bonchev–Trinajstić information content (AvgIpc) is 3.32. The van der Waals surface area contributed by atoms with Crippen molar-refractivity contribution in [3.63, 3.8) is 0 Å². The van der Waals surface area contributed by atoms with E-state index in [1.165, 1.54) is 5.56 Å². The van der Waals surface area contributed by atoms with Gasteiger partial charge >= 0.3 is 0 Å². The van der Waals surface area contributed by atoms with Crippen molar-refractivity contribution in [2.45, 2.75) is 19.5 Å². The Morgan fingerprint density at radius 3 is 2.53 bits per heavy atom. The van der Waals surface area contributed by atoms with Crippen LogP contribution in [-0.4, -0.2) is 59.4 Å². The van der Waals surface area contributed by atoms with Crippen LogP contribution in [-0.2, 0) is 19.5 Å². The average molecular weight is 550 g/mol. The van der Waals surface area contributed by atoms with Crippen LogP contribution in [0.4, 0.5) is 0 Å². The molecular weight excluding hydrogens is 519 g/mol. The fourth-order valence-corrected chi connectivity index (χ4v) is 4.56. The monoisotopic (exact) mass is 548 g/mol. The van der Waals surface area contributed by atoms with Gasteiger partial charge < -0.3 is 9.64 Å². The molecule has 6 nitrogen and oxygen atoms in total. The zero-order chi connectivity index (χ0) is 23.5. The van der Waals surface area contributed by atoms with Gasteiger partial charge in [0.05, 0.1) is 18.8 Å². The molecule has 1 fully saturated rings. The number of nitrogens with zero attached hydrogens (tertiary/aromatic N) is 4. The van der Waals surface area contributed by atoms with Gasteiger partial charge in [0.25, 0.3) is 5.56 Å². The van der Waals surface area contributed by atoms with Crippen LogP contribution < -0.4 is 10.3 Å². The fraction of sp³-hybridized carbons (Fsp3) is 0.333. The Hall–Kier alpha value is -2.35. The third kappa shape index (κ3) is 6.69. The number of likely N-dealkylation sites (N-methyl/N-ethyl adjacent to an activating group) is 1. The molecule has 36 heavy (non-hydrogen) atoms. The lowest BCUT2D eigenvalue weighted by molar-refractivity contribution is 0.147. The molecule has 9 heteroatoms. The van der Waals surface area contributed by atoms with Crippen LogP contribution in [0, 0.1) is 0 Å². The Kier molecular flexibility index (Phi) is 10.00. The first-order valence-corrected chi connectivity index (χ1v) is 12.1. The minimum atomic E-state index is -0.0343. The lowest BCUT2D eigenvalue weighted by Crippen LogP contribution is -2.44. The van der Waals surface area contributed by atoms with Crippen LogP contribution in [0.5, 0.6) is 5.75 Å². The van der Waals surface area contributed by atoms with Gasteiger partial charge in [0.1, 0.15) is 5.75 Å². The minimum absolute atomic E-state index is 0. The number of allylic oxidation sites excluding steroid dienone is 1. The molecule has 0 N–H and O–H groups in total. The Balaban J connectivity index is 0.00000180. The molecule has 5 rings (SSSR count). The number of halogens is 3. The van der Waals surface area contributed by atoms with E-state index in [-0.39, 0.29) is 30.4 Å². The molecular formula is C27H31Cl3N4O2. The summed E-state index contributed by atoms with van der Waals surface area (Å²) in [5.41, 5.74) is 4.81. The van der Waals surface area contributed by atoms with Crippen molar-refractivity contribution in [1.29, 1.82) is 0 Å². The zero-order valence-corrected chi connectivity index (χ0v) is 22.6. The van der Waals surface area contributed by atoms with E-state index in [0.717, 1.165) is 67.3 Å². The lowest BCUT2D eigenvalue weighted by Gasteiger charge is -2.32. The highest BCUT2D eigenvalue weighted by molar-refractivity contribution is 6.30. The molecule has 3 heterocycles. The van der Waals surface area contributed by atoms with Crippen molar-refractivity contribution in [2.75, 3.05) is 39.8 Å². The van der Waals surface area contributed by atoms with E-state index < -0.39 is 0 Å².